The maximum absolute atomic E-state index is 12.9. The van der Waals surface area contributed by atoms with Gasteiger partial charge in [-0.25, -0.2) is 12.8 Å². The fraction of sp³-hybridized carbons (Fsp3) is 0.364. The molecule has 1 rings (SSSR count). The van der Waals surface area contributed by atoms with Crippen LogP contribution in [0.5, 0.6) is 0 Å². The van der Waals surface area contributed by atoms with Crippen molar-refractivity contribution in [1.29, 1.82) is 0 Å². The van der Waals surface area contributed by atoms with E-state index in [0.29, 0.717) is 0 Å². The molecule has 9 heteroatoms. The molecule has 0 saturated heterocycles. The first kappa shape index (κ1) is 16.8. The Labute approximate surface area is 120 Å². The second-order valence-electron chi connectivity index (χ2n) is 3.94. The Hall–Kier alpha value is -1.22. The molecule has 2 N–H and O–H groups in total. The van der Waals surface area contributed by atoms with Crippen molar-refractivity contribution in [3.8, 4) is 0 Å². The average Bonchev–Trinajstić information content (AvgIpc) is 2.34. The number of benzene rings is 1. The third-order valence-corrected chi connectivity index (χ3v) is 4.33. The van der Waals surface area contributed by atoms with Gasteiger partial charge in [0.25, 0.3) is 0 Å². The zero-order valence-electron chi connectivity index (χ0n) is 10.6. The van der Waals surface area contributed by atoms with E-state index in [2.05, 4.69) is 4.74 Å². The molecule has 6 nitrogen and oxygen atoms in total. The molecule has 0 fully saturated rings. The number of ether oxygens (including phenoxy) is 1. The maximum atomic E-state index is 12.9. The quantitative estimate of drug-likeness (QED) is 0.777. The highest BCUT2D eigenvalue weighted by atomic mass is 35.5. The number of nitrogens with one attached hydrogen (secondary N) is 1. The molecule has 2 atom stereocenters. The van der Waals surface area contributed by atoms with Crippen molar-refractivity contribution in [3.63, 3.8) is 0 Å². The van der Waals surface area contributed by atoms with E-state index in [1.165, 1.54) is 6.92 Å². The van der Waals surface area contributed by atoms with E-state index in [9.17, 15) is 22.7 Å². The van der Waals surface area contributed by atoms with Crippen LogP contribution < -0.4 is 4.72 Å². The third-order valence-electron chi connectivity index (χ3n) is 2.40. The van der Waals surface area contributed by atoms with Crippen LogP contribution in [0.2, 0.25) is 5.02 Å². The lowest BCUT2D eigenvalue weighted by Crippen LogP contribution is -2.48. The number of halogens is 2. The second-order valence-corrected chi connectivity index (χ2v) is 6.03. The molecule has 0 bridgehead atoms. The minimum atomic E-state index is -4.22. The number of sulfonamides is 1. The average molecular weight is 326 g/mol. The van der Waals surface area contributed by atoms with Crippen LogP contribution in [-0.4, -0.2) is 38.7 Å². The predicted molar refractivity (Wildman–Crippen MR) is 69.2 cm³/mol. The van der Waals surface area contributed by atoms with E-state index >= 15 is 0 Å². The summed E-state index contributed by atoms with van der Waals surface area (Å²) < 4.78 is 43.4. The summed E-state index contributed by atoms with van der Waals surface area (Å²) >= 11 is 5.65. The smallest absolute Gasteiger partial charge is 0.326 e. The molecule has 0 aliphatic carbocycles. The minimum Gasteiger partial charge on any atom is -0.468 e. The van der Waals surface area contributed by atoms with Gasteiger partial charge in [0.05, 0.1) is 18.2 Å². The molecule has 0 unspecified atom stereocenters. The van der Waals surface area contributed by atoms with Crippen molar-refractivity contribution in [2.24, 2.45) is 0 Å². The van der Waals surface area contributed by atoms with Crippen molar-refractivity contribution in [3.05, 3.63) is 29.0 Å². The van der Waals surface area contributed by atoms with Crippen molar-refractivity contribution < 1.29 is 27.4 Å². The molecule has 0 radical (unpaired) electrons. The number of carbonyl (C=O) groups excluding carboxylic acids is 1. The van der Waals surface area contributed by atoms with Gasteiger partial charge in [0.1, 0.15) is 16.8 Å². The standard InChI is InChI=1S/C11H13ClFNO5S/c1-6(15)10(11(16)19-2)14-20(17,18)9-4-3-7(13)5-8(9)12/h3-6,10,14-15H,1-2H3/t6-,10+/m1/s1. The maximum Gasteiger partial charge on any atom is 0.326 e. The van der Waals surface area contributed by atoms with Gasteiger partial charge in [-0.3, -0.25) is 4.79 Å². The molecule has 20 heavy (non-hydrogen) atoms. The lowest BCUT2D eigenvalue weighted by Gasteiger charge is -2.19. The van der Waals surface area contributed by atoms with Gasteiger partial charge in [-0.15, -0.1) is 0 Å². The third kappa shape index (κ3) is 3.89. The van der Waals surface area contributed by atoms with Crippen molar-refractivity contribution in [1.82, 2.24) is 4.72 Å². The van der Waals surface area contributed by atoms with Gasteiger partial charge >= 0.3 is 5.97 Å². The largest absolute Gasteiger partial charge is 0.468 e. The highest BCUT2D eigenvalue weighted by Crippen LogP contribution is 2.22. The summed E-state index contributed by atoms with van der Waals surface area (Å²) in [7, 11) is -3.16. The second kappa shape index (κ2) is 6.49. The molecule has 1 aromatic rings. The SMILES string of the molecule is COC(=O)[C@@H](NS(=O)(=O)c1ccc(F)cc1Cl)[C@@H](C)O. The van der Waals surface area contributed by atoms with Gasteiger partial charge in [0.15, 0.2) is 0 Å². The summed E-state index contributed by atoms with van der Waals surface area (Å²) in [4.78, 5) is 11.0. The van der Waals surface area contributed by atoms with Crippen LogP contribution in [0.3, 0.4) is 0 Å². The number of aliphatic hydroxyl groups is 1. The van der Waals surface area contributed by atoms with E-state index in [4.69, 9.17) is 11.6 Å². The Kier molecular flexibility index (Phi) is 5.46. The summed E-state index contributed by atoms with van der Waals surface area (Å²) in [5.41, 5.74) is 0. The number of aliphatic hydroxyl groups excluding tert-OH is 1. The number of esters is 1. The van der Waals surface area contributed by atoms with Gasteiger partial charge < -0.3 is 9.84 Å². The lowest BCUT2D eigenvalue weighted by atomic mass is 10.2. The Bertz CT molecular complexity index is 605. The van der Waals surface area contributed by atoms with Crippen molar-refractivity contribution in [2.75, 3.05) is 7.11 Å². The van der Waals surface area contributed by atoms with Crippen LogP contribution in [0.25, 0.3) is 0 Å². The first-order valence-electron chi connectivity index (χ1n) is 5.42. The minimum absolute atomic E-state index is 0.341. The monoisotopic (exact) mass is 325 g/mol. The Morgan fingerprint density at radius 3 is 2.55 bits per heavy atom. The Balaban J connectivity index is 3.13. The fourth-order valence-corrected chi connectivity index (χ4v) is 3.18. The van der Waals surface area contributed by atoms with Gasteiger partial charge in [-0.05, 0) is 25.1 Å². The van der Waals surface area contributed by atoms with Gasteiger partial charge in [-0.2, -0.15) is 4.72 Å². The van der Waals surface area contributed by atoms with E-state index < -0.39 is 38.9 Å². The van der Waals surface area contributed by atoms with Gasteiger partial charge in [0.2, 0.25) is 10.0 Å². The zero-order chi connectivity index (χ0) is 15.5. The van der Waals surface area contributed by atoms with E-state index in [0.717, 1.165) is 25.3 Å². The van der Waals surface area contributed by atoms with Crippen LogP contribution in [0.15, 0.2) is 23.1 Å². The van der Waals surface area contributed by atoms with Crippen LogP contribution in [0.4, 0.5) is 4.39 Å². The highest BCUT2D eigenvalue weighted by Gasteiger charge is 2.31. The Morgan fingerprint density at radius 2 is 2.10 bits per heavy atom. The summed E-state index contributed by atoms with van der Waals surface area (Å²) in [5, 5.41) is 9.08. The van der Waals surface area contributed by atoms with E-state index in [1.807, 2.05) is 4.72 Å². The van der Waals surface area contributed by atoms with Gasteiger partial charge in [0, 0.05) is 0 Å². The lowest BCUT2D eigenvalue weighted by molar-refractivity contribution is -0.145. The Morgan fingerprint density at radius 1 is 1.50 bits per heavy atom. The number of carbonyl (C=O) groups is 1. The number of rotatable bonds is 5. The molecular weight excluding hydrogens is 313 g/mol. The van der Waals surface area contributed by atoms with E-state index in [1.54, 1.807) is 0 Å². The summed E-state index contributed by atoms with van der Waals surface area (Å²) in [5.74, 6) is -1.66. The van der Waals surface area contributed by atoms with Gasteiger partial charge in [-0.1, -0.05) is 11.6 Å². The van der Waals surface area contributed by atoms with Crippen molar-refractivity contribution in [2.45, 2.75) is 24.0 Å². The summed E-state index contributed by atoms with van der Waals surface area (Å²) in [6, 6.07) is 1.20. The zero-order valence-corrected chi connectivity index (χ0v) is 12.2. The molecule has 1 aromatic carbocycles. The molecule has 0 aromatic heterocycles. The number of methoxy groups -OCH3 is 1. The molecule has 0 spiro atoms. The molecule has 0 heterocycles. The molecular formula is C11H13ClFNO5S. The van der Waals surface area contributed by atoms with Crippen molar-refractivity contribution >= 4 is 27.6 Å². The van der Waals surface area contributed by atoms with Crippen LogP contribution in [0, 0.1) is 5.82 Å². The normalized spacial score (nSPS) is 14.7. The first-order valence-corrected chi connectivity index (χ1v) is 7.28. The fourth-order valence-electron chi connectivity index (χ4n) is 1.39. The summed E-state index contributed by atoms with van der Waals surface area (Å²) in [6.45, 7) is 1.22. The molecule has 0 aliphatic heterocycles. The number of hydrogen-bond donors (Lipinski definition) is 2. The summed E-state index contributed by atoms with van der Waals surface area (Å²) in [6.07, 6.45) is -1.32. The first-order chi connectivity index (χ1) is 9.19. The highest BCUT2D eigenvalue weighted by molar-refractivity contribution is 7.89. The van der Waals surface area contributed by atoms with Crippen LogP contribution in [0.1, 0.15) is 6.92 Å². The number of hydrogen-bond acceptors (Lipinski definition) is 5. The van der Waals surface area contributed by atoms with Crippen LogP contribution >= 0.6 is 11.6 Å². The molecule has 0 amide bonds. The topological polar surface area (TPSA) is 92.7 Å². The van der Waals surface area contributed by atoms with E-state index in [-0.39, 0.29) is 5.02 Å². The predicted octanol–water partition coefficient (Wildman–Crippen LogP) is 0.680. The van der Waals surface area contributed by atoms with Crippen LogP contribution in [-0.2, 0) is 19.6 Å². The molecule has 0 saturated carbocycles. The molecule has 0 aliphatic rings. The molecule has 112 valence electrons.